The van der Waals surface area contributed by atoms with Crippen molar-refractivity contribution in [3.05, 3.63) is 71.8 Å². The van der Waals surface area contributed by atoms with Gasteiger partial charge in [0.25, 0.3) is 0 Å². The third-order valence-electron chi connectivity index (χ3n) is 2.62. The monoisotopic (exact) mass is 251 g/mol. The summed E-state index contributed by atoms with van der Waals surface area (Å²) in [5, 5.41) is 0. The van der Waals surface area contributed by atoms with Crippen molar-refractivity contribution in [2.75, 3.05) is 5.73 Å². The van der Waals surface area contributed by atoms with E-state index in [0.29, 0.717) is 11.3 Å². The summed E-state index contributed by atoms with van der Waals surface area (Å²) in [5.41, 5.74) is 7.44. The smallest absolute Gasteiger partial charge is 0.232 e. The lowest BCUT2D eigenvalue weighted by Crippen LogP contribution is -2.10. The number of benzene rings is 2. The van der Waals surface area contributed by atoms with E-state index in [0.717, 1.165) is 5.56 Å². The molecule has 0 unspecified atom stereocenters. The van der Waals surface area contributed by atoms with Crippen molar-refractivity contribution >= 4 is 23.3 Å². The van der Waals surface area contributed by atoms with Crippen molar-refractivity contribution < 1.29 is 9.59 Å². The van der Waals surface area contributed by atoms with Gasteiger partial charge in [-0.05, 0) is 23.8 Å². The summed E-state index contributed by atoms with van der Waals surface area (Å²) < 4.78 is 0. The molecule has 0 spiro atoms. The van der Waals surface area contributed by atoms with Crippen molar-refractivity contribution in [1.82, 2.24) is 0 Å². The molecule has 0 saturated carbocycles. The van der Waals surface area contributed by atoms with Crippen molar-refractivity contribution in [2.24, 2.45) is 0 Å². The number of ketones is 2. The van der Waals surface area contributed by atoms with Crippen LogP contribution < -0.4 is 5.73 Å². The number of anilines is 1. The van der Waals surface area contributed by atoms with Gasteiger partial charge in [0.1, 0.15) is 0 Å². The lowest BCUT2D eigenvalue weighted by Gasteiger charge is -1.96. The summed E-state index contributed by atoms with van der Waals surface area (Å²) >= 11 is 0. The number of carbonyl (C=O) groups is 2. The van der Waals surface area contributed by atoms with E-state index in [4.69, 9.17) is 5.73 Å². The highest BCUT2D eigenvalue weighted by molar-refractivity contribution is 6.48. The van der Waals surface area contributed by atoms with Gasteiger partial charge < -0.3 is 5.73 Å². The second-order valence-electron chi connectivity index (χ2n) is 4.06. The molecular formula is C16H13NO2. The van der Waals surface area contributed by atoms with Crippen LogP contribution in [-0.2, 0) is 4.79 Å². The average molecular weight is 251 g/mol. The van der Waals surface area contributed by atoms with Gasteiger partial charge in [0.15, 0.2) is 0 Å². The van der Waals surface area contributed by atoms with E-state index in [1.165, 1.54) is 6.08 Å². The molecule has 94 valence electrons. The topological polar surface area (TPSA) is 60.2 Å². The lowest BCUT2D eigenvalue weighted by molar-refractivity contribution is -0.110. The minimum atomic E-state index is -0.539. The van der Waals surface area contributed by atoms with E-state index in [1.807, 2.05) is 0 Å². The molecule has 0 aromatic heterocycles. The van der Waals surface area contributed by atoms with Gasteiger partial charge in [-0.3, -0.25) is 9.59 Å². The van der Waals surface area contributed by atoms with Gasteiger partial charge in [-0.1, -0.05) is 48.5 Å². The van der Waals surface area contributed by atoms with Crippen LogP contribution in [0.15, 0.2) is 60.7 Å². The second kappa shape index (κ2) is 5.78. The number of nitrogens with two attached hydrogens (primary N) is 1. The fourth-order valence-corrected chi connectivity index (χ4v) is 1.59. The number of rotatable bonds is 4. The maximum Gasteiger partial charge on any atom is 0.232 e. The van der Waals surface area contributed by atoms with Gasteiger partial charge in [0.05, 0.1) is 0 Å². The highest BCUT2D eigenvalue weighted by Gasteiger charge is 2.12. The van der Waals surface area contributed by atoms with Gasteiger partial charge in [0, 0.05) is 11.3 Å². The Morgan fingerprint density at radius 1 is 0.895 bits per heavy atom. The van der Waals surface area contributed by atoms with Gasteiger partial charge in [0.2, 0.25) is 11.6 Å². The predicted octanol–water partition coefficient (Wildman–Crippen LogP) is 2.73. The summed E-state index contributed by atoms with van der Waals surface area (Å²) in [4.78, 5) is 23.5. The molecule has 3 heteroatoms. The normalized spacial score (nSPS) is 10.5. The number of Topliss-reactive ketones (excluding diaryl/α,β-unsaturated/α-hetero) is 1. The first-order valence-corrected chi connectivity index (χ1v) is 5.84. The molecule has 2 rings (SSSR count). The maximum atomic E-state index is 11.8. The molecule has 0 aliphatic carbocycles. The summed E-state index contributed by atoms with van der Waals surface area (Å²) in [6, 6.07) is 15.5. The quantitative estimate of drug-likeness (QED) is 0.393. The van der Waals surface area contributed by atoms with Crippen LogP contribution in [-0.4, -0.2) is 11.6 Å². The van der Waals surface area contributed by atoms with Crippen LogP contribution in [0.4, 0.5) is 5.69 Å². The fourth-order valence-electron chi connectivity index (χ4n) is 1.59. The molecule has 0 fully saturated rings. The number of hydrogen-bond donors (Lipinski definition) is 1. The second-order valence-corrected chi connectivity index (χ2v) is 4.06. The van der Waals surface area contributed by atoms with E-state index < -0.39 is 11.6 Å². The van der Waals surface area contributed by atoms with Gasteiger partial charge in [-0.25, -0.2) is 0 Å². The van der Waals surface area contributed by atoms with E-state index in [1.54, 1.807) is 60.7 Å². The highest BCUT2D eigenvalue weighted by atomic mass is 16.2. The molecule has 19 heavy (non-hydrogen) atoms. The van der Waals surface area contributed by atoms with Gasteiger partial charge >= 0.3 is 0 Å². The minimum absolute atomic E-state index is 0.398. The largest absolute Gasteiger partial charge is 0.399 e. The van der Waals surface area contributed by atoms with E-state index in [2.05, 4.69) is 0 Å². The van der Waals surface area contributed by atoms with E-state index in [9.17, 15) is 9.59 Å². The van der Waals surface area contributed by atoms with Crippen molar-refractivity contribution in [3.8, 4) is 0 Å². The number of allylic oxidation sites excluding steroid dienone is 1. The standard InChI is InChI=1S/C16H13NO2/c17-14-9-6-12(7-10-14)8-11-15(18)16(19)13-4-2-1-3-5-13/h1-11H,17H2. The Morgan fingerprint density at radius 2 is 1.53 bits per heavy atom. The fraction of sp³-hybridized carbons (Fsp3) is 0. The van der Waals surface area contributed by atoms with Crippen LogP contribution in [0.2, 0.25) is 0 Å². The number of nitrogen functional groups attached to an aromatic ring is 1. The van der Waals surface area contributed by atoms with Crippen LogP contribution in [0, 0.1) is 0 Å². The first-order valence-electron chi connectivity index (χ1n) is 5.84. The Labute approximate surface area is 111 Å². The van der Waals surface area contributed by atoms with Crippen LogP contribution >= 0.6 is 0 Å². The average Bonchev–Trinajstić information content (AvgIpc) is 2.46. The van der Waals surface area contributed by atoms with Crippen molar-refractivity contribution in [3.63, 3.8) is 0 Å². The molecule has 0 aliphatic rings. The summed E-state index contributed by atoms with van der Waals surface area (Å²) in [6.45, 7) is 0. The number of carbonyl (C=O) groups excluding carboxylic acids is 2. The van der Waals surface area contributed by atoms with Crippen LogP contribution in [0.1, 0.15) is 15.9 Å². The van der Waals surface area contributed by atoms with E-state index in [-0.39, 0.29) is 0 Å². The molecule has 0 amide bonds. The van der Waals surface area contributed by atoms with E-state index >= 15 is 0 Å². The Balaban J connectivity index is 2.09. The van der Waals surface area contributed by atoms with Crippen LogP contribution in [0.25, 0.3) is 6.08 Å². The molecule has 2 N–H and O–H groups in total. The van der Waals surface area contributed by atoms with Crippen LogP contribution in [0.3, 0.4) is 0 Å². The molecule has 0 saturated heterocycles. The lowest BCUT2D eigenvalue weighted by atomic mass is 10.1. The third kappa shape index (κ3) is 3.39. The van der Waals surface area contributed by atoms with Gasteiger partial charge in [-0.2, -0.15) is 0 Å². The minimum Gasteiger partial charge on any atom is -0.399 e. The Hall–Kier alpha value is -2.68. The molecule has 2 aromatic carbocycles. The maximum absolute atomic E-state index is 11.8. The summed E-state index contributed by atoms with van der Waals surface area (Å²) in [6.07, 6.45) is 2.88. The predicted molar refractivity (Wildman–Crippen MR) is 75.7 cm³/mol. The zero-order valence-electron chi connectivity index (χ0n) is 10.2. The molecule has 0 aliphatic heterocycles. The van der Waals surface area contributed by atoms with Crippen molar-refractivity contribution in [1.29, 1.82) is 0 Å². The van der Waals surface area contributed by atoms with Crippen LogP contribution in [0.5, 0.6) is 0 Å². The SMILES string of the molecule is Nc1ccc(C=CC(=O)C(=O)c2ccccc2)cc1. The first-order chi connectivity index (χ1) is 9.16. The molecule has 2 aromatic rings. The molecule has 0 bridgehead atoms. The molecule has 0 heterocycles. The molecule has 3 nitrogen and oxygen atoms in total. The zero-order valence-corrected chi connectivity index (χ0v) is 10.2. The Kier molecular flexibility index (Phi) is 3.88. The molecular weight excluding hydrogens is 238 g/mol. The summed E-state index contributed by atoms with van der Waals surface area (Å²) in [7, 11) is 0. The molecule has 0 radical (unpaired) electrons. The Bertz CT molecular complexity index is 613. The Morgan fingerprint density at radius 3 is 2.16 bits per heavy atom. The van der Waals surface area contributed by atoms with Gasteiger partial charge in [-0.15, -0.1) is 0 Å². The molecule has 0 atom stereocenters. The highest BCUT2D eigenvalue weighted by Crippen LogP contribution is 2.08. The summed E-state index contributed by atoms with van der Waals surface area (Å²) in [5.74, 6) is -1.05. The van der Waals surface area contributed by atoms with Crippen molar-refractivity contribution in [2.45, 2.75) is 0 Å². The zero-order chi connectivity index (χ0) is 13.7. The first kappa shape index (κ1) is 12.8. The number of hydrogen-bond acceptors (Lipinski definition) is 3. The third-order valence-corrected chi connectivity index (χ3v) is 2.62.